The van der Waals surface area contributed by atoms with E-state index in [0.29, 0.717) is 0 Å². The second-order valence-electron chi connectivity index (χ2n) is 6.07. The average Bonchev–Trinajstić information content (AvgIpc) is 2.89. The van der Waals surface area contributed by atoms with Gasteiger partial charge in [0.1, 0.15) is 0 Å². The number of allylic oxidation sites excluding steroid dienone is 2. The molecule has 3 rings (SSSR count). The van der Waals surface area contributed by atoms with Gasteiger partial charge >= 0.3 is 0 Å². The SMILES string of the molecule is C=CSC1=C(C#N)C(C)(c2ccc(C)cc2)/C(=C/c2ccccc2)S1. The van der Waals surface area contributed by atoms with Crippen LogP contribution in [0.2, 0.25) is 0 Å². The molecule has 0 radical (unpaired) electrons. The van der Waals surface area contributed by atoms with E-state index in [1.165, 1.54) is 22.2 Å². The molecule has 1 unspecified atom stereocenters. The van der Waals surface area contributed by atoms with Crippen LogP contribution in [0.3, 0.4) is 0 Å². The molecule has 0 spiro atoms. The summed E-state index contributed by atoms with van der Waals surface area (Å²) in [5.74, 6) is 0. The van der Waals surface area contributed by atoms with Crippen LogP contribution in [0, 0.1) is 18.3 Å². The molecule has 3 heteroatoms. The molecule has 1 aliphatic rings. The van der Waals surface area contributed by atoms with Gasteiger partial charge < -0.3 is 0 Å². The number of rotatable bonds is 4. The lowest BCUT2D eigenvalue weighted by molar-refractivity contribution is 0.725. The van der Waals surface area contributed by atoms with Gasteiger partial charge in [0.15, 0.2) is 0 Å². The van der Waals surface area contributed by atoms with E-state index in [4.69, 9.17) is 0 Å². The van der Waals surface area contributed by atoms with Gasteiger partial charge in [-0.15, -0.1) is 0 Å². The van der Waals surface area contributed by atoms with Crippen molar-refractivity contribution in [2.75, 3.05) is 0 Å². The highest BCUT2D eigenvalue weighted by molar-refractivity contribution is 8.25. The minimum absolute atomic E-state index is 0.436. The molecule has 0 N–H and O–H groups in total. The molecule has 0 bridgehead atoms. The summed E-state index contributed by atoms with van der Waals surface area (Å²) in [5.41, 5.74) is 3.87. The van der Waals surface area contributed by atoms with Crippen molar-refractivity contribution in [3.63, 3.8) is 0 Å². The maximum absolute atomic E-state index is 9.90. The lowest BCUT2D eigenvalue weighted by Gasteiger charge is -2.27. The van der Waals surface area contributed by atoms with Crippen LogP contribution in [-0.2, 0) is 5.41 Å². The number of hydrogen-bond acceptors (Lipinski definition) is 3. The van der Waals surface area contributed by atoms with Crippen molar-refractivity contribution in [3.05, 3.63) is 98.0 Å². The van der Waals surface area contributed by atoms with Gasteiger partial charge in [-0.3, -0.25) is 0 Å². The number of aryl methyl sites for hydroxylation is 1. The first-order chi connectivity index (χ1) is 12.1. The Bertz CT molecular complexity index is 886. The average molecular weight is 362 g/mol. The first-order valence-electron chi connectivity index (χ1n) is 8.04. The van der Waals surface area contributed by atoms with Crippen molar-refractivity contribution in [3.8, 4) is 6.07 Å². The van der Waals surface area contributed by atoms with Crippen molar-refractivity contribution in [1.29, 1.82) is 5.26 Å². The Balaban J connectivity index is 2.19. The molecule has 0 saturated heterocycles. The van der Waals surface area contributed by atoms with Crippen LogP contribution in [0.25, 0.3) is 6.08 Å². The Morgan fingerprint density at radius 3 is 2.40 bits per heavy atom. The Morgan fingerprint density at radius 2 is 1.80 bits per heavy atom. The van der Waals surface area contributed by atoms with Crippen molar-refractivity contribution < 1.29 is 0 Å². The molecule has 124 valence electrons. The zero-order valence-corrected chi connectivity index (χ0v) is 16.0. The van der Waals surface area contributed by atoms with Gasteiger partial charge in [-0.25, -0.2) is 0 Å². The molecule has 0 amide bonds. The van der Waals surface area contributed by atoms with Crippen LogP contribution in [-0.4, -0.2) is 0 Å². The van der Waals surface area contributed by atoms with Gasteiger partial charge in [0.2, 0.25) is 0 Å². The maximum Gasteiger partial charge on any atom is 0.0978 e. The van der Waals surface area contributed by atoms with Gasteiger partial charge in [0.05, 0.1) is 21.3 Å². The van der Waals surface area contributed by atoms with E-state index < -0.39 is 5.41 Å². The normalized spacial score (nSPS) is 21.4. The molecule has 1 aliphatic heterocycles. The highest BCUT2D eigenvalue weighted by Gasteiger charge is 2.43. The number of benzene rings is 2. The standard InChI is InChI=1S/C22H19NS2/c1-4-24-21-19(15-23)22(3,18-12-10-16(2)11-13-18)20(25-21)14-17-8-6-5-7-9-17/h4-14H,1H2,2-3H3/b20-14-. The predicted octanol–water partition coefficient (Wildman–Crippen LogP) is 6.65. The van der Waals surface area contributed by atoms with Crippen molar-refractivity contribution in [2.24, 2.45) is 0 Å². The van der Waals surface area contributed by atoms with Gasteiger partial charge in [-0.1, -0.05) is 90.3 Å². The largest absolute Gasteiger partial charge is 0.193 e. The van der Waals surface area contributed by atoms with Crippen molar-refractivity contribution in [2.45, 2.75) is 19.3 Å². The zero-order chi connectivity index (χ0) is 17.9. The van der Waals surface area contributed by atoms with Crippen LogP contribution >= 0.6 is 23.5 Å². The summed E-state index contributed by atoms with van der Waals surface area (Å²) in [6.45, 7) is 8.05. The van der Waals surface area contributed by atoms with Crippen LogP contribution in [0.4, 0.5) is 0 Å². The van der Waals surface area contributed by atoms with Crippen LogP contribution in [0.15, 0.2) is 81.3 Å². The summed E-state index contributed by atoms with van der Waals surface area (Å²) < 4.78 is 1.02. The quantitative estimate of drug-likeness (QED) is 0.609. The van der Waals surface area contributed by atoms with Crippen LogP contribution in [0.1, 0.15) is 23.6 Å². The van der Waals surface area contributed by atoms with Gasteiger partial charge in [-0.2, -0.15) is 5.26 Å². The third-order valence-electron chi connectivity index (χ3n) is 4.43. The fourth-order valence-electron chi connectivity index (χ4n) is 2.94. The maximum atomic E-state index is 9.90. The second-order valence-corrected chi connectivity index (χ2v) is 8.36. The molecule has 0 aliphatic carbocycles. The Kier molecular flexibility index (Phi) is 5.22. The minimum Gasteiger partial charge on any atom is -0.193 e. The van der Waals surface area contributed by atoms with E-state index in [0.717, 1.165) is 20.9 Å². The third-order valence-corrected chi connectivity index (χ3v) is 6.69. The molecule has 2 aromatic carbocycles. The van der Waals surface area contributed by atoms with E-state index in [2.05, 4.69) is 69.0 Å². The van der Waals surface area contributed by atoms with Gasteiger partial charge in [0.25, 0.3) is 0 Å². The van der Waals surface area contributed by atoms with E-state index in [1.807, 2.05) is 18.2 Å². The Hall–Kier alpha value is -2.15. The molecule has 0 saturated carbocycles. The number of thioether (sulfide) groups is 2. The summed E-state index contributed by atoms with van der Waals surface area (Å²) in [7, 11) is 0. The first-order valence-corrected chi connectivity index (χ1v) is 9.74. The van der Waals surface area contributed by atoms with Crippen molar-refractivity contribution in [1.82, 2.24) is 0 Å². The first kappa shape index (κ1) is 17.7. The smallest absolute Gasteiger partial charge is 0.0978 e. The van der Waals surface area contributed by atoms with E-state index in [9.17, 15) is 5.26 Å². The van der Waals surface area contributed by atoms with Crippen LogP contribution < -0.4 is 0 Å². The van der Waals surface area contributed by atoms with Crippen molar-refractivity contribution >= 4 is 29.6 Å². The topological polar surface area (TPSA) is 23.8 Å². The molecule has 1 atom stereocenters. The molecule has 1 heterocycles. The summed E-state index contributed by atoms with van der Waals surface area (Å²) >= 11 is 3.21. The number of hydrogen-bond donors (Lipinski definition) is 0. The fourth-order valence-corrected chi connectivity index (χ4v) is 5.30. The highest BCUT2D eigenvalue weighted by Crippen LogP contribution is 2.58. The Labute approximate surface area is 158 Å². The summed E-state index contributed by atoms with van der Waals surface area (Å²) in [6, 6.07) is 21.2. The monoisotopic (exact) mass is 361 g/mol. The number of nitrogens with zero attached hydrogens (tertiary/aromatic N) is 1. The summed E-state index contributed by atoms with van der Waals surface area (Å²) in [5, 5.41) is 11.7. The fraction of sp³-hybridized carbons (Fsp3) is 0.136. The van der Waals surface area contributed by atoms with Gasteiger partial charge in [-0.05, 0) is 36.5 Å². The zero-order valence-electron chi connectivity index (χ0n) is 14.3. The molecule has 2 aromatic rings. The molecular formula is C22H19NS2. The molecule has 0 fully saturated rings. The summed E-state index contributed by atoms with van der Waals surface area (Å²) in [4.78, 5) is 1.17. The van der Waals surface area contributed by atoms with E-state index in [1.54, 1.807) is 17.2 Å². The molecule has 1 nitrogen and oxygen atoms in total. The molecule has 25 heavy (non-hydrogen) atoms. The lowest BCUT2D eigenvalue weighted by atomic mass is 9.76. The third kappa shape index (κ3) is 3.33. The Morgan fingerprint density at radius 1 is 1.12 bits per heavy atom. The highest BCUT2D eigenvalue weighted by atomic mass is 32.2. The second kappa shape index (κ2) is 7.39. The molecular weight excluding hydrogens is 342 g/mol. The summed E-state index contributed by atoms with van der Waals surface area (Å²) in [6.07, 6.45) is 2.19. The molecule has 0 aromatic heterocycles. The van der Waals surface area contributed by atoms with Crippen LogP contribution in [0.5, 0.6) is 0 Å². The predicted molar refractivity (Wildman–Crippen MR) is 111 cm³/mol. The van der Waals surface area contributed by atoms with E-state index >= 15 is 0 Å². The minimum atomic E-state index is -0.436. The van der Waals surface area contributed by atoms with E-state index in [-0.39, 0.29) is 0 Å². The lowest BCUT2D eigenvalue weighted by Crippen LogP contribution is -2.22. The van der Waals surface area contributed by atoms with Gasteiger partial charge in [0, 0.05) is 4.91 Å². The number of nitriles is 1.